The van der Waals surface area contributed by atoms with Gasteiger partial charge in [-0.1, -0.05) is 29.8 Å². The van der Waals surface area contributed by atoms with Gasteiger partial charge < -0.3 is 24.0 Å². The van der Waals surface area contributed by atoms with Crippen molar-refractivity contribution in [3.05, 3.63) is 60.2 Å². The van der Waals surface area contributed by atoms with Gasteiger partial charge in [-0.3, -0.25) is 4.79 Å². The molecule has 0 radical (unpaired) electrons. The standard InChI is InChI=1S/C24H24N4O4/c1-17-2-4-18(5-3-17)20-7-9-23(26-25-20)27-10-12-28(13-11-27)24(29)15-30-19-6-8-21-22(14-19)32-16-31-21/h2-9,14H,10-13,15-16H2,1H3. The van der Waals surface area contributed by atoms with Crippen LogP contribution in [0.3, 0.4) is 0 Å². The summed E-state index contributed by atoms with van der Waals surface area (Å²) in [5.74, 6) is 2.70. The zero-order valence-corrected chi connectivity index (χ0v) is 17.9. The van der Waals surface area contributed by atoms with Crippen molar-refractivity contribution in [3.63, 3.8) is 0 Å². The number of hydrogen-bond acceptors (Lipinski definition) is 7. The molecule has 0 spiro atoms. The summed E-state index contributed by atoms with van der Waals surface area (Å²) in [6.45, 7) is 4.90. The smallest absolute Gasteiger partial charge is 0.260 e. The van der Waals surface area contributed by atoms with Gasteiger partial charge in [-0.15, -0.1) is 10.2 Å². The minimum atomic E-state index is -0.0388. The molecule has 2 aliphatic heterocycles. The van der Waals surface area contributed by atoms with E-state index >= 15 is 0 Å². The van der Waals surface area contributed by atoms with E-state index in [-0.39, 0.29) is 19.3 Å². The fourth-order valence-corrected chi connectivity index (χ4v) is 3.76. The summed E-state index contributed by atoms with van der Waals surface area (Å²) < 4.78 is 16.3. The first-order valence-electron chi connectivity index (χ1n) is 10.6. The molecule has 0 saturated carbocycles. The van der Waals surface area contributed by atoms with Crippen molar-refractivity contribution in [2.45, 2.75) is 6.92 Å². The van der Waals surface area contributed by atoms with Crippen molar-refractivity contribution < 1.29 is 19.0 Å². The Morgan fingerprint density at radius 3 is 2.47 bits per heavy atom. The highest BCUT2D eigenvalue weighted by atomic mass is 16.7. The second kappa shape index (κ2) is 8.74. The lowest BCUT2D eigenvalue weighted by Gasteiger charge is -2.35. The van der Waals surface area contributed by atoms with Crippen LogP contribution >= 0.6 is 0 Å². The minimum Gasteiger partial charge on any atom is -0.484 e. The lowest BCUT2D eigenvalue weighted by atomic mass is 10.1. The number of anilines is 1. The second-order valence-electron chi connectivity index (χ2n) is 7.81. The molecule has 8 nitrogen and oxygen atoms in total. The molecular formula is C24H24N4O4. The topological polar surface area (TPSA) is 77.0 Å². The molecule has 0 bridgehead atoms. The van der Waals surface area contributed by atoms with Crippen LogP contribution in [0, 0.1) is 6.92 Å². The molecule has 8 heteroatoms. The predicted molar refractivity (Wildman–Crippen MR) is 119 cm³/mol. The fraction of sp³-hybridized carbons (Fsp3) is 0.292. The van der Waals surface area contributed by atoms with Crippen LogP contribution in [0.5, 0.6) is 17.2 Å². The SMILES string of the molecule is Cc1ccc(-c2ccc(N3CCN(C(=O)COc4ccc5c(c4)OCO5)CC3)nn2)cc1. The molecule has 0 atom stereocenters. The molecule has 2 aliphatic rings. The lowest BCUT2D eigenvalue weighted by molar-refractivity contribution is -0.133. The normalized spacial score (nSPS) is 15.0. The summed E-state index contributed by atoms with van der Waals surface area (Å²) in [5, 5.41) is 8.79. The highest BCUT2D eigenvalue weighted by Gasteiger charge is 2.23. The van der Waals surface area contributed by atoms with Gasteiger partial charge in [0.2, 0.25) is 6.79 Å². The summed E-state index contributed by atoms with van der Waals surface area (Å²) >= 11 is 0. The van der Waals surface area contributed by atoms with Crippen LogP contribution in [0.4, 0.5) is 5.82 Å². The van der Waals surface area contributed by atoms with E-state index in [1.54, 1.807) is 18.2 Å². The number of aryl methyl sites for hydroxylation is 1. The van der Waals surface area contributed by atoms with Gasteiger partial charge in [0.15, 0.2) is 23.9 Å². The van der Waals surface area contributed by atoms with Crippen LogP contribution in [-0.2, 0) is 4.79 Å². The Morgan fingerprint density at radius 2 is 1.72 bits per heavy atom. The van der Waals surface area contributed by atoms with Gasteiger partial charge in [0, 0.05) is 37.8 Å². The molecule has 3 aromatic rings. The van der Waals surface area contributed by atoms with Gasteiger partial charge in [-0.25, -0.2) is 0 Å². The van der Waals surface area contributed by atoms with E-state index in [0.29, 0.717) is 43.4 Å². The predicted octanol–water partition coefficient (Wildman–Crippen LogP) is 2.91. The molecule has 0 unspecified atom stereocenters. The maximum Gasteiger partial charge on any atom is 0.260 e. The van der Waals surface area contributed by atoms with Crippen molar-refractivity contribution in [1.82, 2.24) is 15.1 Å². The molecule has 2 aromatic carbocycles. The average molecular weight is 432 g/mol. The number of piperazine rings is 1. The molecule has 1 saturated heterocycles. The van der Waals surface area contributed by atoms with E-state index in [2.05, 4.69) is 46.3 Å². The van der Waals surface area contributed by atoms with Crippen LogP contribution in [0.2, 0.25) is 0 Å². The van der Waals surface area contributed by atoms with Crippen LogP contribution < -0.4 is 19.1 Å². The Hall–Kier alpha value is -3.81. The number of hydrogen-bond donors (Lipinski definition) is 0. The molecule has 1 amide bonds. The quantitative estimate of drug-likeness (QED) is 0.614. The van der Waals surface area contributed by atoms with Gasteiger partial charge in [0.05, 0.1) is 5.69 Å². The van der Waals surface area contributed by atoms with E-state index < -0.39 is 0 Å². The van der Waals surface area contributed by atoms with Crippen LogP contribution in [0.25, 0.3) is 11.3 Å². The van der Waals surface area contributed by atoms with Gasteiger partial charge >= 0.3 is 0 Å². The van der Waals surface area contributed by atoms with Crippen molar-refractivity contribution in [2.75, 3.05) is 44.5 Å². The number of rotatable bonds is 5. The number of amides is 1. The molecule has 32 heavy (non-hydrogen) atoms. The summed E-state index contributed by atoms with van der Waals surface area (Å²) in [4.78, 5) is 16.5. The van der Waals surface area contributed by atoms with E-state index in [9.17, 15) is 4.79 Å². The van der Waals surface area contributed by atoms with Crippen LogP contribution in [-0.4, -0.2) is 60.6 Å². The number of benzene rings is 2. The van der Waals surface area contributed by atoms with E-state index in [0.717, 1.165) is 17.1 Å². The molecule has 3 heterocycles. The van der Waals surface area contributed by atoms with E-state index in [4.69, 9.17) is 14.2 Å². The number of carbonyl (C=O) groups excluding carboxylic acids is 1. The third-order valence-corrected chi connectivity index (χ3v) is 5.66. The van der Waals surface area contributed by atoms with Crippen molar-refractivity contribution in [3.8, 4) is 28.5 Å². The lowest BCUT2D eigenvalue weighted by Crippen LogP contribution is -2.50. The first kappa shape index (κ1) is 20.1. The largest absolute Gasteiger partial charge is 0.484 e. The van der Waals surface area contributed by atoms with E-state index in [1.165, 1.54) is 5.56 Å². The first-order valence-corrected chi connectivity index (χ1v) is 10.6. The number of carbonyl (C=O) groups is 1. The maximum absolute atomic E-state index is 12.6. The summed E-state index contributed by atoms with van der Waals surface area (Å²) in [6.07, 6.45) is 0. The van der Waals surface area contributed by atoms with E-state index in [1.807, 2.05) is 17.0 Å². The Kier molecular flexibility index (Phi) is 5.49. The molecule has 164 valence electrons. The second-order valence-corrected chi connectivity index (χ2v) is 7.81. The third-order valence-electron chi connectivity index (χ3n) is 5.66. The summed E-state index contributed by atoms with van der Waals surface area (Å²) in [5.41, 5.74) is 3.11. The average Bonchev–Trinajstić information content (AvgIpc) is 3.31. The highest BCUT2D eigenvalue weighted by Crippen LogP contribution is 2.35. The van der Waals surface area contributed by atoms with Gasteiger partial charge in [-0.2, -0.15) is 0 Å². The fourth-order valence-electron chi connectivity index (χ4n) is 3.76. The zero-order valence-electron chi connectivity index (χ0n) is 17.9. The Morgan fingerprint density at radius 1 is 0.938 bits per heavy atom. The molecule has 1 fully saturated rings. The number of fused-ring (bicyclic) bond motifs is 1. The van der Waals surface area contributed by atoms with Gasteiger partial charge in [-0.05, 0) is 31.2 Å². The van der Waals surface area contributed by atoms with Crippen LogP contribution in [0.15, 0.2) is 54.6 Å². The Balaban J connectivity index is 1.13. The van der Waals surface area contributed by atoms with Gasteiger partial charge in [0.1, 0.15) is 5.75 Å². The van der Waals surface area contributed by atoms with Gasteiger partial charge in [0.25, 0.3) is 5.91 Å². The van der Waals surface area contributed by atoms with Crippen molar-refractivity contribution >= 4 is 11.7 Å². The minimum absolute atomic E-state index is 0.00923. The first-order chi connectivity index (χ1) is 15.7. The Bertz CT molecular complexity index is 1090. The third kappa shape index (κ3) is 4.30. The Labute approximate surface area is 186 Å². The highest BCUT2D eigenvalue weighted by molar-refractivity contribution is 5.78. The summed E-state index contributed by atoms with van der Waals surface area (Å²) in [7, 11) is 0. The van der Waals surface area contributed by atoms with Crippen molar-refractivity contribution in [2.24, 2.45) is 0 Å². The molecule has 0 N–H and O–H groups in total. The molecule has 1 aromatic heterocycles. The number of ether oxygens (including phenoxy) is 3. The number of nitrogens with zero attached hydrogens (tertiary/aromatic N) is 4. The van der Waals surface area contributed by atoms with Crippen molar-refractivity contribution in [1.29, 1.82) is 0 Å². The van der Waals surface area contributed by atoms with Crippen LogP contribution in [0.1, 0.15) is 5.56 Å². The maximum atomic E-state index is 12.6. The molecular weight excluding hydrogens is 408 g/mol. The summed E-state index contributed by atoms with van der Waals surface area (Å²) in [6, 6.07) is 17.5. The molecule has 5 rings (SSSR count). The number of aromatic nitrogens is 2. The monoisotopic (exact) mass is 432 g/mol. The zero-order chi connectivity index (χ0) is 21.9. The molecule has 0 aliphatic carbocycles.